The molecule has 0 aliphatic heterocycles. The smallest absolute Gasteiger partial charge is 0.323 e. The molecule has 0 radical (unpaired) electrons. The second-order valence-corrected chi connectivity index (χ2v) is 4.63. The van der Waals surface area contributed by atoms with Crippen LogP contribution in [0.3, 0.4) is 0 Å². The maximum atomic E-state index is 10.4. The van der Waals surface area contributed by atoms with E-state index in [0.717, 1.165) is 0 Å². The zero-order valence-electron chi connectivity index (χ0n) is 6.60. The van der Waals surface area contributed by atoms with Gasteiger partial charge in [0, 0.05) is 0 Å². The molecule has 4 N–H and O–H groups in total. The van der Waals surface area contributed by atoms with Gasteiger partial charge in [0.25, 0.3) is 0 Å². The predicted octanol–water partition coefficient (Wildman–Crippen LogP) is 1.07. The molecule has 1 unspecified atom stereocenters. The summed E-state index contributed by atoms with van der Waals surface area (Å²) in [5.41, 5.74) is 5.19. The van der Waals surface area contributed by atoms with E-state index < -0.39 is 13.4 Å². The molecular formula is C5H15BrNO3P. The Balaban J connectivity index is 0. The van der Waals surface area contributed by atoms with E-state index in [9.17, 15) is 4.57 Å². The minimum Gasteiger partial charge on any atom is -0.323 e. The van der Waals surface area contributed by atoms with Crippen LogP contribution in [0.5, 0.6) is 0 Å². The summed E-state index contributed by atoms with van der Waals surface area (Å²) < 4.78 is 10.4. The van der Waals surface area contributed by atoms with Crippen LogP contribution in [0.25, 0.3) is 0 Å². The van der Waals surface area contributed by atoms with Crippen molar-refractivity contribution >= 4 is 24.6 Å². The van der Waals surface area contributed by atoms with Crippen LogP contribution in [0, 0.1) is 5.92 Å². The lowest BCUT2D eigenvalue weighted by molar-refractivity contribution is 0.348. The summed E-state index contributed by atoms with van der Waals surface area (Å²) in [4.78, 5) is 17.0. The molecule has 0 amide bonds. The number of hydrogen-bond donors (Lipinski definition) is 3. The third kappa shape index (κ3) is 6.97. The second-order valence-electron chi connectivity index (χ2n) is 2.79. The number of halogens is 1. The summed E-state index contributed by atoms with van der Waals surface area (Å²) in [5.74, 6) is -0.768. The fourth-order valence-electron chi connectivity index (χ4n) is 0.620. The van der Waals surface area contributed by atoms with E-state index in [1.54, 1.807) is 0 Å². The zero-order chi connectivity index (χ0) is 8.36. The number of rotatable bonds is 3. The molecule has 0 bridgehead atoms. The van der Waals surface area contributed by atoms with Crippen molar-refractivity contribution < 1.29 is 14.4 Å². The minimum atomic E-state index is -4.03. The molecule has 0 aromatic heterocycles. The summed E-state index contributed by atoms with van der Waals surface area (Å²) >= 11 is 0. The van der Waals surface area contributed by atoms with Gasteiger partial charge in [0.15, 0.2) is 0 Å². The number of hydrogen-bond acceptors (Lipinski definition) is 2. The molecule has 11 heavy (non-hydrogen) atoms. The highest BCUT2D eigenvalue weighted by molar-refractivity contribution is 8.93. The van der Waals surface area contributed by atoms with Crippen LogP contribution in [-0.4, -0.2) is 15.6 Å². The molecule has 0 aromatic carbocycles. The molecule has 0 fully saturated rings. The molecule has 0 aromatic rings. The van der Waals surface area contributed by atoms with Crippen molar-refractivity contribution in [1.29, 1.82) is 0 Å². The second kappa shape index (κ2) is 5.27. The summed E-state index contributed by atoms with van der Waals surface area (Å²) in [6.45, 7) is 3.74. The van der Waals surface area contributed by atoms with Gasteiger partial charge < -0.3 is 15.5 Å². The van der Waals surface area contributed by atoms with Gasteiger partial charge in [-0.05, 0) is 12.3 Å². The molecule has 0 saturated carbocycles. The summed E-state index contributed by atoms with van der Waals surface area (Å²) in [6.07, 6.45) is 0.365. The number of nitrogens with two attached hydrogens (primary N) is 1. The van der Waals surface area contributed by atoms with E-state index in [-0.39, 0.29) is 22.9 Å². The van der Waals surface area contributed by atoms with Gasteiger partial charge in [0.05, 0.1) is 0 Å². The fraction of sp³-hybridized carbons (Fsp3) is 1.00. The first-order valence-electron chi connectivity index (χ1n) is 3.15. The Labute approximate surface area is 77.1 Å². The van der Waals surface area contributed by atoms with Gasteiger partial charge in [-0.3, -0.25) is 4.57 Å². The molecule has 6 heteroatoms. The van der Waals surface area contributed by atoms with E-state index >= 15 is 0 Å². The minimum absolute atomic E-state index is 0. The van der Waals surface area contributed by atoms with E-state index in [4.69, 9.17) is 15.5 Å². The normalized spacial score (nSPS) is 14.4. The molecule has 0 spiro atoms. The molecule has 1 atom stereocenters. The van der Waals surface area contributed by atoms with Gasteiger partial charge in [-0.1, -0.05) is 13.8 Å². The SMILES string of the molecule is Br.CC(C)CC(N)P(=O)(O)O. The topological polar surface area (TPSA) is 83.6 Å². The van der Waals surface area contributed by atoms with Crippen LogP contribution < -0.4 is 5.73 Å². The quantitative estimate of drug-likeness (QED) is 0.652. The molecular weight excluding hydrogens is 233 g/mol. The highest BCUT2D eigenvalue weighted by atomic mass is 79.9. The zero-order valence-corrected chi connectivity index (χ0v) is 9.20. The van der Waals surface area contributed by atoms with Crippen molar-refractivity contribution in [1.82, 2.24) is 0 Å². The third-order valence-corrected chi connectivity index (χ3v) is 2.22. The summed E-state index contributed by atoms with van der Waals surface area (Å²) in [7, 11) is -4.03. The maximum absolute atomic E-state index is 10.4. The van der Waals surface area contributed by atoms with Crippen molar-refractivity contribution in [3.8, 4) is 0 Å². The van der Waals surface area contributed by atoms with Crippen molar-refractivity contribution in [3.63, 3.8) is 0 Å². The van der Waals surface area contributed by atoms with Gasteiger partial charge in [0.2, 0.25) is 0 Å². The van der Waals surface area contributed by atoms with Crippen LogP contribution in [0.4, 0.5) is 0 Å². The Morgan fingerprint density at radius 1 is 1.45 bits per heavy atom. The average molecular weight is 248 g/mol. The van der Waals surface area contributed by atoms with Gasteiger partial charge >= 0.3 is 7.60 Å². The van der Waals surface area contributed by atoms with Crippen LogP contribution >= 0.6 is 24.6 Å². The summed E-state index contributed by atoms with van der Waals surface area (Å²) in [5, 5.41) is 0. The van der Waals surface area contributed by atoms with E-state index in [0.29, 0.717) is 6.42 Å². The lowest BCUT2D eigenvalue weighted by atomic mass is 10.1. The highest BCUT2D eigenvalue weighted by Gasteiger charge is 2.24. The Morgan fingerprint density at radius 3 is 1.91 bits per heavy atom. The third-order valence-electron chi connectivity index (χ3n) is 1.14. The van der Waals surface area contributed by atoms with Crippen LogP contribution in [0.15, 0.2) is 0 Å². The first-order valence-corrected chi connectivity index (χ1v) is 4.83. The first-order chi connectivity index (χ1) is 4.34. The van der Waals surface area contributed by atoms with Crippen molar-refractivity contribution in [3.05, 3.63) is 0 Å². The standard InChI is InChI=1S/C5H14NO3P.BrH/c1-4(2)3-5(6)10(7,8)9;/h4-5H,3,6H2,1-2H3,(H2,7,8,9);1H. The molecule has 0 saturated heterocycles. The van der Waals surface area contributed by atoms with Crippen LogP contribution in [0.1, 0.15) is 20.3 Å². The van der Waals surface area contributed by atoms with Gasteiger partial charge in [0.1, 0.15) is 5.78 Å². The van der Waals surface area contributed by atoms with Crippen molar-refractivity contribution in [2.75, 3.05) is 0 Å². The average Bonchev–Trinajstić information content (AvgIpc) is 1.60. The summed E-state index contributed by atoms with van der Waals surface area (Å²) in [6, 6.07) is 0. The highest BCUT2D eigenvalue weighted by Crippen LogP contribution is 2.40. The van der Waals surface area contributed by atoms with Crippen molar-refractivity contribution in [2.24, 2.45) is 11.7 Å². The fourth-order valence-corrected chi connectivity index (χ4v) is 1.32. The monoisotopic (exact) mass is 247 g/mol. The van der Waals surface area contributed by atoms with Gasteiger partial charge in [-0.2, -0.15) is 0 Å². The Hall–Kier alpha value is 0.590. The molecule has 4 nitrogen and oxygen atoms in total. The van der Waals surface area contributed by atoms with E-state index in [1.165, 1.54) is 0 Å². The van der Waals surface area contributed by atoms with Gasteiger partial charge in [-0.25, -0.2) is 0 Å². The Kier molecular flexibility index (Phi) is 6.78. The predicted molar refractivity (Wildman–Crippen MR) is 49.8 cm³/mol. The molecule has 0 aliphatic rings. The Bertz CT molecular complexity index is 147. The lowest BCUT2D eigenvalue weighted by Crippen LogP contribution is -2.21. The maximum Gasteiger partial charge on any atom is 0.342 e. The van der Waals surface area contributed by atoms with E-state index in [1.807, 2.05) is 13.8 Å². The van der Waals surface area contributed by atoms with Crippen molar-refractivity contribution in [2.45, 2.75) is 26.1 Å². The lowest BCUT2D eigenvalue weighted by Gasteiger charge is -2.14. The molecule has 0 heterocycles. The molecule has 0 aliphatic carbocycles. The Morgan fingerprint density at radius 2 is 1.82 bits per heavy atom. The van der Waals surface area contributed by atoms with E-state index in [2.05, 4.69) is 0 Å². The molecule has 70 valence electrons. The largest absolute Gasteiger partial charge is 0.342 e. The van der Waals surface area contributed by atoms with Crippen LogP contribution in [-0.2, 0) is 4.57 Å². The van der Waals surface area contributed by atoms with Crippen LogP contribution in [0.2, 0.25) is 0 Å². The first kappa shape index (κ1) is 14.1. The van der Waals surface area contributed by atoms with Gasteiger partial charge in [-0.15, -0.1) is 17.0 Å². The molecule has 0 rings (SSSR count).